The Bertz CT molecular complexity index is 594. The third-order valence-electron chi connectivity index (χ3n) is 5.92. The van der Waals surface area contributed by atoms with Crippen molar-refractivity contribution in [1.29, 1.82) is 0 Å². The molecular formula is C18H24N2O2S. The fourth-order valence-corrected chi connectivity index (χ4v) is 5.04. The zero-order valence-electron chi connectivity index (χ0n) is 13.4. The number of carbonyl (C=O) groups is 2. The van der Waals surface area contributed by atoms with Crippen LogP contribution in [0.1, 0.15) is 43.4 Å². The third-order valence-corrected chi connectivity index (χ3v) is 6.80. The van der Waals surface area contributed by atoms with E-state index in [2.05, 4.69) is 5.32 Å². The second-order valence-electron chi connectivity index (χ2n) is 7.41. The third kappa shape index (κ3) is 2.91. The maximum absolute atomic E-state index is 12.5. The molecule has 3 fully saturated rings. The van der Waals surface area contributed by atoms with Crippen LogP contribution >= 0.6 is 11.3 Å². The van der Waals surface area contributed by atoms with Crippen LogP contribution in [-0.4, -0.2) is 29.8 Å². The van der Waals surface area contributed by atoms with E-state index in [4.69, 9.17) is 0 Å². The Kier molecular flexibility index (Phi) is 3.92. The van der Waals surface area contributed by atoms with Crippen molar-refractivity contribution in [2.75, 3.05) is 13.1 Å². The number of nitrogens with one attached hydrogen (secondary N) is 1. The minimum absolute atomic E-state index is 0.0911. The highest BCUT2D eigenvalue weighted by Gasteiger charge is 2.61. The molecule has 23 heavy (non-hydrogen) atoms. The molecule has 2 amide bonds. The predicted molar refractivity (Wildman–Crippen MR) is 89.9 cm³/mol. The van der Waals surface area contributed by atoms with Crippen molar-refractivity contribution in [2.45, 2.75) is 45.1 Å². The number of nitrogens with zero attached hydrogens (tertiary/aromatic N) is 1. The topological polar surface area (TPSA) is 49.4 Å². The van der Waals surface area contributed by atoms with Crippen LogP contribution in [0.15, 0.2) is 17.5 Å². The summed E-state index contributed by atoms with van der Waals surface area (Å²) in [5.74, 6) is 0.899. The average Bonchev–Trinajstić information content (AvgIpc) is 3.07. The van der Waals surface area contributed by atoms with Gasteiger partial charge in [-0.15, -0.1) is 11.3 Å². The summed E-state index contributed by atoms with van der Waals surface area (Å²) in [5.41, 5.74) is 0.0911. The van der Waals surface area contributed by atoms with Crippen molar-refractivity contribution in [3.8, 4) is 0 Å². The summed E-state index contributed by atoms with van der Waals surface area (Å²) in [6, 6.07) is 4.05. The Hall–Kier alpha value is -1.36. The number of amides is 2. The smallest absolute Gasteiger partial charge is 0.225 e. The van der Waals surface area contributed by atoms with Crippen LogP contribution < -0.4 is 5.32 Å². The van der Waals surface area contributed by atoms with Crippen LogP contribution in [0.3, 0.4) is 0 Å². The summed E-state index contributed by atoms with van der Waals surface area (Å²) in [6.45, 7) is 2.29. The average molecular weight is 332 g/mol. The molecule has 0 radical (unpaired) electrons. The van der Waals surface area contributed by atoms with Gasteiger partial charge in [-0.05, 0) is 37.1 Å². The molecule has 0 aromatic carbocycles. The standard InChI is InChI=1S/C18H24N2O2S/c21-16(19-11-14-6-3-9-23-14)15-10-18(15)7-8-20(12-18)17(22)13-4-1-2-5-13/h3,6,9,13,15H,1-2,4-5,7-8,10-12H2,(H,19,21)/t15-,18-/m0/s1. The lowest BCUT2D eigenvalue weighted by molar-refractivity contribution is -0.134. The first-order valence-electron chi connectivity index (χ1n) is 8.77. The van der Waals surface area contributed by atoms with Gasteiger partial charge in [0.1, 0.15) is 0 Å². The van der Waals surface area contributed by atoms with Gasteiger partial charge in [0.05, 0.1) is 6.54 Å². The normalized spacial score (nSPS) is 30.1. The van der Waals surface area contributed by atoms with Gasteiger partial charge in [-0.3, -0.25) is 9.59 Å². The number of likely N-dealkylation sites (tertiary alicyclic amines) is 1. The number of hydrogen-bond acceptors (Lipinski definition) is 3. The van der Waals surface area contributed by atoms with Gasteiger partial charge < -0.3 is 10.2 Å². The molecule has 2 aliphatic carbocycles. The van der Waals surface area contributed by atoms with E-state index in [0.29, 0.717) is 12.5 Å². The molecule has 1 saturated heterocycles. The number of carbonyl (C=O) groups excluding carboxylic acids is 2. The fraction of sp³-hybridized carbons (Fsp3) is 0.667. The van der Waals surface area contributed by atoms with Crippen LogP contribution in [0, 0.1) is 17.3 Å². The van der Waals surface area contributed by atoms with Crippen LogP contribution in [0.2, 0.25) is 0 Å². The van der Waals surface area contributed by atoms with E-state index in [1.807, 2.05) is 22.4 Å². The van der Waals surface area contributed by atoms with Crippen molar-refractivity contribution >= 4 is 23.2 Å². The van der Waals surface area contributed by atoms with Gasteiger partial charge in [-0.2, -0.15) is 0 Å². The monoisotopic (exact) mass is 332 g/mol. The van der Waals surface area contributed by atoms with E-state index < -0.39 is 0 Å². The SMILES string of the molecule is O=C(NCc1cccs1)[C@@H]1C[C@]12CCN(C(=O)C1CCCC1)C2. The van der Waals surface area contributed by atoms with Gasteiger partial charge in [0, 0.05) is 35.2 Å². The Morgan fingerprint density at radius 3 is 2.91 bits per heavy atom. The first kappa shape index (κ1) is 15.2. The molecule has 5 heteroatoms. The number of rotatable bonds is 4. The first-order valence-corrected chi connectivity index (χ1v) is 9.65. The molecule has 0 unspecified atom stereocenters. The molecule has 4 rings (SSSR count). The van der Waals surface area contributed by atoms with Gasteiger partial charge in [0.25, 0.3) is 0 Å². The lowest BCUT2D eigenvalue weighted by Crippen LogP contribution is -2.34. The summed E-state index contributed by atoms with van der Waals surface area (Å²) in [5, 5.41) is 5.10. The minimum Gasteiger partial charge on any atom is -0.351 e. The van der Waals surface area contributed by atoms with Crippen molar-refractivity contribution in [3.63, 3.8) is 0 Å². The molecule has 1 aromatic rings. The molecule has 4 nitrogen and oxygen atoms in total. The second-order valence-corrected chi connectivity index (χ2v) is 8.44. The van der Waals surface area contributed by atoms with E-state index in [0.717, 1.165) is 38.8 Å². The Labute approximate surface area is 141 Å². The van der Waals surface area contributed by atoms with E-state index in [9.17, 15) is 9.59 Å². The van der Waals surface area contributed by atoms with E-state index in [-0.39, 0.29) is 23.2 Å². The zero-order valence-corrected chi connectivity index (χ0v) is 14.2. The Morgan fingerprint density at radius 1 is 1.35 bits per heavy atom. The van der Waals surface area contributed by atoms with Crippen LogP contribution in [-0.2, 0) is 16.1 Å². The summed E-state index contributed by atoms with van der Waals surface area (Å²) < 4.78 is 0. The van der Waals surface area contributed by atoms with Gasteiger partial charge >= 0.3 is 0 Å². The molecule has 2 saturated carbocycles. The van der Waals surface area contributed by atoms with Gasteiger partial charge in [-0.25, -0.2) is 0 Å². The highest BCUT2D eigenvalue weighted by atomic mass is 32.1. The quantitative estimate of drug-likeness (QED) is 0.922. The number of thiophene rings is 1. The largest absolute Gasteiger partial charge is 0.351 e. The van der Waals surface area contributed by atoms with Gasteiger partial charge in [0.2, 0.25) is 11.8 Å². The van der Waals surface area contributed by atoms with E-state index >= 15 is 0 Å². The van der Waals surface area contributed by atoms with Crippen molar-refractivity contribution in [2.24, 2.45) is 17.3 Å². The van der Waals surface area contributed by atoms with Crippen molar-refractivity contribution < 1.29 is 9.59 Å². The maximum atomic E-state index is 12.5. The Balaban J connectivity index is 1.29. The van der Waals surface area contributed by atoms with Crippen LogP contribution in [0.5, 0.6) is 0 Å². The molecule has 2 atom stereocenters. The second kappa shape index (κ2) is 5.93. The molecule has 1 aliphatic heterocycles. The van der Waals surface area contributed by atoms with Gasteiger partial charge in [0.15, 0.2) is 0 Å². The number of hydrogen-bond donors (Lipinski definition) is 1. The van der Waals surface area contributed by atoms with Crippen molar-refractivity contribution in [3.05, 3.63) is 22.4 Å². The molecule has 0 bridgehead atoms. The van der Waals surface area contributed by atoms with Crippen molar-refractivity contribution in [1.82, 2.24) is 10.2 Å². The molecule has 2 heterocycles. The van der Waals surface area contributed by atoms with E-state index in [1.54, 1.807) is 11.3 Å². The molecule has 1 spiro atoms. The lowest BCUT2D eigenvalue weighted by atomic mass is 10.0. The highest BCUT2D eigenvalue weighted by Crippen LogP contribution is 2.58. The summed E-state index contributed by atoms with van der Waals surface area (Å²) in [6.07, 6.45) is 6.48. The summed E-state index contributed by atoms with van der Waals surface area (Å²) in [7, 11) is 0. The summed E-state index contributed by atoms with van der Waals surface area (Å²) in [4.78, 5) is 28.2. The molecule has 1 aromatic heterocycles. The lowest BCUT2D eigenvalue weighted by Gasteiger charge is -2.20. The fourth-order valence-electron chi connectivity index (χ4n) is 4.39. The van der Waals surface area contributed by atoms with E-state index in [1.165, 1.54) is 17.7 Å². The predicted octanol–water partition coefficient (Wildman–Crippen LogP) is 2.79. The van der Waals surface area contributed by atoms with Crippen LogP contribution in [0.25, 0.3) is 0 Å². The zero-order chi connectivity index (χ0) is 15.9. The Morgan fingerprint density at radius 2 is 2.17 bits per heavy atom. The maximum Gasteiger partial charge on any atom is 0.225 e. The molecule has 124 valence electrons. The highest BCUT2D eigenvalue weighted by molar-refractivity contribution is 7.09. The summed E-state index contributed by atoms with van der Waals surface area (Å²) >= 11 is 1.67. The first-order chi connectivity index (χ1) is 11.2. The minimum atomic E-state index is 0.0911. The van der Waals surface area contributed by atoms with Gasteiger partial charge in [-0.1, -0.05) is 18.9 Å². The molecule has 3 aliphatic rings. The molecular weight excluding hydrogens is 308 g/mol. The molecule has 1 N–H and O–H groups in total. The van der Waals surface area contributed by atoms with Crippen LogP contribution in [0.4, 0.5) is 0 Å².